The van der Waals surface area contributed by atoms with Crippen LogP contribution in [0.5, 0.6) is 5.75 Å². The number of phenolic OH excluding ortho intramolecular Hbond substituents is 1. The summed E-state index contributed by atoms with van der Waals surface area (Å²) in [5.74, 6) is -0.476. The Labute approximate surface area is 132 Å². The van der Waals surface area contributed by atoms with Gasteiger partial charge >= 0.3 is 6.18 Å². The highest BCUT2D eigenvalue weighted by atomic mass is 79.9. The first-order chi connectivity index (χ1) is 8.82. The van der Waals surface area contributed by atoms with Crippen molar-refractivity contribution in [2.45, 2.75) is 12.2 Å². The second-order valence-electron chi connectivity index (χ2n) is 3.85. The monoisotopic (exact) mass is 387 g/mol. The van der Waals surface area contributed by atoms with E-state index in [0.717, 1.165) is 12.1 Å². The van der Waals surface area contributed by atoms with Crippen molar-refractivity contribution in [2.24, 2.45) is 5.73 Å². The largest absolute Gasteiger partial charge is 0.506 e. The molecule has 8 heteroatoms. The topological polar surface area (TPSA) is 46.2 Å². The number of halogens is 5. The molecule has 20 heavy (non-hydrogen) atoms. The van der Waals surface area contributed by atoms with Gasteiger partial charge in [-0.05, 0) is 39.5 Å². The molecule has 0 spiro atoms. The van der Waals surface area contributed by atoms with E-state index in [1.54, 1.807) is 17.5 Å². The van der Waals surface area contributed by atoms with Crippen LogP contribution in [-0.4, -0.2) is 5.11 Å². The third kappa shape index (κ3) is 3.28. The van der Waals surface area contributed by atoms with E-state index in [9.17, 15) is 18.3 Å². The molecule has 0 aliphatic heterocycles. The summed E-state index contributed by atoms with van der Waals surface area (Å²) in [4.78, 5) is 0.555. The molecule has 110 valence electrons. The third-order valence-corrected chi connectivity index (χ3v) is 4.23. The first-order valence-corrected chi connectivity index (χ1v) is 6.87. The Morgan fingerprint density at radius 1 is 1.25 bits per heavy atom. The number of nitrogens with two attached hydrogens (primary N) is 1. The molecular weight excluding hydrogens is 379 g/mol. The fraction of sp³-hybridized carbons (Fsp3) is 0.167. The molecule has 3 N–H and O–H groups in total. The molecule has 0 aliphatic rings. The normalized spacial score (nSPS) is 12.8. The molecule has 2 rings (SSSR count). The lowest BCUT2D eigenvalue weighted by molar-refractivity contribution is -0.138. The minimum atomic E-state index is -4.57. The molecule has 0 fully saturated rings. The molecule has 1 atom stereocenters. The average molecular weight is 389 g/mol. The minimum Gasteiger partial charge on any atom is -0.506 e. The number of thiophene rings is 1. The van der Waals surface area contributed by atoms with Crippen molar-refractivity contribution in [3.63, 3.8) is 0 Å². The maximum absolute atomic E-state index is 13.0. The SMILES string of the molecule is Cl.N[C@@H](c1cccs1)c1c(C(F)(F)F)ccc(Br)c1O. The zero-order chi connectivity index (χ0) is 14.2. The van der Waals surface area contributed by atoms with Gasteiger partial charge in [0.2, 0.25) is 0 Å². The van der Waals surface area contributed by atoms with E-state index in [1.807, 2.05) is 0 Å². The van der Waals surface area contributed by atoms with Gasteiger partial charge in [0.1, 0.15) is 5.75 Å². The summed E-state index contributed by atoms with van der Waals surface area (Å²) in [6.45, 7) is 0. The van der Waals surface area contributed by atoms with Crippen molar-refractivity contribution in [1.29, 1.82) is 0 Å². The van der Waals surface area contributed by atoms with Gasteiger partial charge in [0.25, 0.3) is 0 Å². The first-order valence-electron chi connectivity index (χ1n) is 5.20. The Morgan fingerprint density at radius 3 is 2.40 bits per heavy atom. The lowest BCUT2D eigenvalue weighted by atomic mass is 9.98. The van der Waals surface area contributed by atoms with Crippen LogP contribution >= 0.6 is 39.7 Å². The van der Waals surface area contributed by atoms with Gasteiger partial charge in [-0.1, -0.05) is 6.07 Å². The smallest absolute Gasteiger partial charge is 0.416 e. The van der Waals surface area contributed by atoms with Crippen LogP contribution in [0.3, 0.4) is 0 Å². The molecule has 0 amide bonds. The summed E-state index contributed by atoms with van der Waals surface area (Å²) < 4.78 is 39.1. The number of benzene rings is 1. The third-order valence-electron chi connectivity index (χ3n) is 2.63. The zero-order valence-corrected chi connectivity index (χ0v) is 13.0. The Balaban J connectivity index is 0.00000200. The van der Waals surface area contributed by atoms with Gasteiger partial charge in [0.05, 0.1) is 16.1 Å². The number of alkyl halides is 3. The summed E-state index contributed by atoms with van der Waals surface area (Å²) in [5, 5.41) is 11.6. The number of hydrogen-bond donors (Lipinski definition) is 2. The summed E-state index contributed by atoms with van der Waals surface area (Å²) in [6.07, 6.45) is -4.57. The van der Waals surface area contributed by atoms with Crippen molar-refractivity contribution >= 4 is 39.7 Å². The molecule has 0 bridgehead atoms. The summed E-state index contributed by atoms with van der Waals surface area (Å²) >= 11 is 4.25. The van der Waals surface area contributed by atoms with Gasteiger partial charge in [-0.2, -0.15) is 13.2 Å². The van der Waals surface area contributed by atoms with E-state index in [0.29, 0.717) is 4.88 Å². The Bertz CT molecular complexity index is 589. The highest BCUT2D eigenvalue weighted by molar-refractivity contribution is 9.10. The highest BCUT2D eigenvalue weighted by Gasteiger charge is 2.37. The van der Waals surface area contributed by atoms with E-state index in [-0.39, 0.29) is 22.4 Å². The minimum absolute atomic E-state index is 0. The lowest BCUT2D eigenvalue weighted by Gasteiger charge is -2.19. The molecule has 1 aromatic heterocycles. The number of phenols is 1. The van der Waals surface area contributed by atoms with Crippen LogP contribution in [0, 0.1) is 0 Å². The van der Waals surface area contributed by atoms with Crippen LogP contribution in [-0.2, 0) is 6.18 Å². The molecule has 0 radical (unpaired) electrons. The fourth-order valence-corrected chi connectivity index (χ4v) is 2.84. The van der Waals surface area contributed by atoms with Gasteiger partial charge in [-0.3, -0.25) is 0 Å². The summed E-state index contributed by atoms with van der Waals surface area (Å²) in [6, 6.07) is 4.38. The van der Waals surface area contributed by atoms with Gasteiger partial charge in [0, 0.05) is 10.4 Å². The van der Waals surface area contributed by atoms with Crippen molar-refractivity contribution in [1.82, 2.24) is 0 Å². The van der Waals surface area contributed by atoms with E-state index in [1.165, 1.54) is 11.3 Å². The Kier molecular flexibility index (Phi) is 5.48. The van der Waals surface area contributed by atoms with E-state index >= 15 is 0 Å². The number of rotatable bonds is 2. The van der Waals surface area contributed by atoms with Crippen LogP contribution in [0.2, 0.25) is 0 Å². The van der Waals surface area contributed by atoms with Crippen molar-refractivity contribution in [3.8, 4) is 5.75 Å². The quantitative estimate of drug-likeness (QED) is 0.783. The molecule has 0 aliphatic carbocycles. The fourth-order valence-electron chi connectivity index (χ4n) is 1.75. The molecule has 2 nitrogen and oxygen atoms in total. The van der Waals surface area contributed by atoms with Crippen LogP contribution in [0.4, 0.5) is 13.2 Å². The van der Waals surface area contributed by atoms with E-state index in [2.05, 4.69) is 15.9 Å². The van der Waals surface area contributed by atoms with Gasteiger partial charge in [-0.25, -0.2) is 0 Å². The first kappa shape index (κ1) is 17.3. The van der Waals surface area contributed by atoms with E-state index < -0.39 is 23.5 Å². The standard InChI is InChI=1S/C12H9BrF3NOS.ClH/c13-7-4-3-6(12(14,15)16)9(11(7)18)10(17)8-2-1-5-19-8;/h1-5,10,18H,17H2;1H/t10-;/m0./s1. The number of aromatic hydroxyl groups is 1. The maximum Gasteiger partial charge on any atom is 0.416 e. The van der Waals surface area contributed by atoms with Gasteiger partial charge < -0.3 is 10.8 Å². The van der Waals surface area contributed by atoms with Gasteiger partial charge in [0.15, 0.2) is 0 Å². The second-order valence-corrected chi connectivity index (χ2v) is 5.68. The van der Waals surface area contributed by atoms with Crippen molar-refractivity contribution < 1.29 is 18.3 Å². The Hall–Kier alpha value is -0.760. The molecule has 0 unspecified atom stereocenters. The molecule has 0 saturated carbocycles. The molecule has 1 heterocycles. The van der Waals surface area contributed by atoms with E-state index in [4.69, 9.17) is 5.73 Å². The predicted molar refractivity (Wildman–Crippen MR) is 78.4 cm³/mol. The average Bonchev–Trinajstić information content (AvgIpc) is 2.83. The molecule has 2 aromatic rings. The number of hydrogen-bond acceptors (Lipinski definition) is 3. The van der Waals surface area contributed by atoms with Crippen LogP contribution in [0.15, 0.2) is 34.1 Å². The summed E-state index contributed by atoms with van der Waals surface area (Å²) in [5.41, 5.74) is 4.62. The summed E-state index contributed by atoms with van der Waals surface area (Å²) in [7, 11) is 0. The highest BCUT2D eigenvalue weighted by Crippen LogP contribution is 2.43. The van der Waals surface area contributed by atoms with Crippen LogP contribution in [0.1, 0.15) is 22.0 Å². The van der Waals surface area contributed by atoms with Crippen LogP contribution in [0.25, 0.3) is 0 Å². The molecule has 0 saturated heterocycles. The Morgan fingerprint density at radius 2 is 1.90 bits per heavy atom. The molecular formula is C12H10BrClF3NOS. The second kappa shape index (κ2) is 6.34. The van der Waals surface area contributed by atoms with Gasteiger partial charge in [-0.15, -0.1) is 23.7 Å². The van der Waals surface area contributed by atoms with Crippen molar-refractivity contribution in [3.05, 3.63) is 50.1 Å². The lowest BCUT2D eigenvalue weighted by Crippen LogP contribution is -2.18. The molecule has 1 aromatic carbocycles. The predicted octanol–water partition coefficient (Wildman–Crippen LogP) is 4.70. The van der Waals surface area contributed by atoms with Crippen molar-refractivity contribution in [2.75, 3.05) is 0 Å². The maximum atomic E-state index is 13.0. The van der Waals surface area contributed by atoms with Crippen LogP contribution < -0.4 is 5.73 Å². The zero-order valence-electron chi connectivity index (χ0n) is 9.82.